The van der Waals surface area contributed by atoms with E-state index in [1.54, 1.807) is 24.3 Å². The van der Waals surface area contributed by atoms with Gasteiger partial charge in [0.05, 0.1) is 11.7 Å². The zero-order valence-electron chi connectivity index (χ0n) is 12.7. The first kappa shape index (κ1) is 15.6. The molecule has 1 aliphatic carbocycles. The lowest BCUT2D eigenvalue weighted by molar-refractivity contribution is -0.135. The molecule has 0 saturated carbocycles. The van der Waals surface area contributed by atoms with Gasteiger partial charge in [0, 0.05) is 0 Å². The number of unbranched alkanes of at least 4 members (excludes halogenated alkanes) is 1. The normalized spacial score (nSPS) is 19.7. The Balaban J connectivity index is 2.08. The van der Waals surface area contributed by atoms with Crippen LogP contribution < -0.4 is 0 Å². The summed E-state index contributed by atoms with van der Waals surface area (Å²) in [4.78, 5) is 11.3. The molecule has 0 fully saturated rings. The lowest BCUT2D eigenvalue weighted by Gasteiger charge is -2.28. The van der Waals surface area contributed by atoms with Crippen molar-refractivity contribution in [1.29, 1.82) is 0 Å². The third-order valence-electron chi connectivity index (χ3n) is 4.02. The first-order valence-corrected chi connectivity index (χ1v) is 7.31. The maximum absolute atomic E-state index is 11.3. The Hall–Kier alpha value is -1.81. The molecule has 0 amide bonds. The van der Waals surface area contributed by atoms with Crippen LogP contribution in [0.1, 0.15) is 40.0 Å². The van der Waals surface area contributed by atoms with Crippen LogP contribution in [0.4, 0.5) is 0 Å². The SMILES string of the molecule is CCCCC(C)(C)C(O)C=CC1=CC=C2OC(=O)C(O)=C12. The molecule has 0 aromatic carbocycles. The molecule has 114 valence electrons. The number of carbonyl (C=O) groups is 1. The second-order valence-electron chi connectivity index (χ2n) is 6.16. The van der Waals surface area contributed by atoms with Crippen molar-refractivity contribution in [3.05, 3.63) is 47.0 Å². The smallest absolute Gasteiger partial charge is 0.379 e. The van der Waals surface area contributed by atoms with Gasteiger partial charge in [0.15, 0.2) is 0 Å². The topological polar surface area (TPSA) is 66.8 Å². The fraction of sp³-hybridized carbons (Fsp3) is 0.471. The number of fused-ring (bicyclic) bond motifs is 1. The summed E-state index contributed by atoms with van der Waals surface area (Å²) >= 11 is 0. The van der Waals surface area contributed by atoms with Gasteiger partial charge in [-0.2, -0.15) is 0 Å². The molecule has 0 aromatic rings. The average molecular weight is 290 g/mol. The van der Waals surface area contributed by atoms with Gasteiger partial charge >= 0.3 is 5.97 Å². The van der Waals surface area contributed by atoms with Crippen molar-refractivity contribution >= 4 is 5.97 Å². The number of hydrogen-bond acceptors (Lipinski definition) is 4. The molecule has 0 radical (unpaired) electrons. The van der Waals surface area contributed by atoms with Crippen LogP contribution in [0.5, 0.6) is 0 Å². The second kappa shape index (κ2) is 5.90. The number of aliphatic hydroxyl groups excluding tert-OH is 2. The van der Waals surface area contributed by atoms with E-state index in [0.717, 1.165) is 19.3 Å². The standard InChI is InChI=1S/C17H22O4/c1-4-5-10-17(2,3)13(18)9-7-11-6-8-12-14(11)15(19)16(20)21-12/h6-9,13,18-19H,4-5,10H2,1-3H3. The van der Waals surface area contributed by atoms with Crippen LogP contribution in [0, 0.1) is 5.41 Å². The first-order chi connectivity index (χ1) is 9.86. The molecule has 4 heteroatoms. The summed E-state index contributed by atoms with van der Waals surface area (Å²) in [6.45, 7) is 6.19. The molecule has 1 atom stereocenters. The summed E-state index contributed by atoms with van der Waals surface area (Å²) in [5, 5.41) is 20.0. The van der Waals surface area contributed by atoms with E-state index in [1.165, 1.54) is 0 Å². The lowest BCUT2D eigenvalue weighted by atomic mass is 9.81. The van der Waals surface area contributed by atoms with E-state index in [0.29, 0.717) is 16.9 Å². The van der Waals surface area contributed by atoms with Gasteiger partial charge in [-0.1, -0.05) is 51.8 Å². The van der Waals surface area contributed by atoms with Crippen LogP contribution in [0.15, 0.2) is 47.0 Å². The summed E-state index contributed by atoms with van der Waals surface area (Å²) in [6, 6.07) is 0. The molecule has 1 aliphatic heterocycles. The minimum absolute atomic E-state index is 0.208. The summed E-state index contributed by atoms with van der Waals surface area (Å²) in [6.07, 6.45) is 9.36. The monoisotopic (exact) mass is 290 g/mol. The number of esters is 1. The van der Waals surface area contributed by atoms with Crippen molar-refractivity contribution in [1.82, 2.24) is 0 Å². The molecule has 2 rings (SSSR count). The van der Waals surface area contributed by atoms with E-state index >= 15 is 0 Å². The molecular weight excluding hydrogens is 268 g/mol. The van der Waals surface area contributed by atoms with Gasteiger partial charge in [-0.15, -0.1) is 0 Å². The molecule has 1 unspecified atom stereocenters. The van der Waals surface area contributed by atoms with Gasteiger partial charge in [0.25, 0.3) is 0 Å². The minimum atomic E-state index is -0.723. The number of allylic oxidation sites excluding steroid dienone is 4. The predicted octanol–water partition coefficient (Wildman–Crippen LogP) is 3.31. The maximum atomic E-state index is 11.3. The third-order valence-corrected chi connectivity index (χ3v) is 4.02. The van der Waals surface area contributed by atoms with Gasteiger partial charge in [-0.25, -0.2) is 4.79 Å². The van der Waals surface area contributed by atoms with Crippen LogP contribution in [-0.4, -0.2) is 22.3 Å². The highest BCUT2D eigenvalue weighted by atomic mass is 16.6. The van der Waals surface area contributed by atoms with Gasteiger partial charge < -0.3 is 14.9 Å². The van der Waals surface area contributed by atoms with Gasteiger partial charge in [-0.3, -0.25) is 0 Å². The zero-order chi connectivity index (χ0) is 15.6. The second-order valence-corrected chi connectivity index (χ2v) is 6.16. The summed E-state index contributed by atoms with van der Waals surface area (Å²) in [7, 11) is 0. The number of aliphatic hydroxyl groups is 2. The maximum Gasteiger partial charge on any atom is 0.379 e. The Morgan fingerprint density at radius 3 is 2.76 bits per heavy atom. The van der Waals surface area contributed by atoms with Crippen molar-refractivity contribution in [3.63, 3.8) is 0 Å². The van der Waals surface area contributed by atoms with E-state index in [4.69, 9.17) is 4.74 Å². The Morgan fingerprint density at radius 1 is 1.38 bits per heavy atom. The highest BCUT2D eigenvalue weighted by Gasteiger charge is 2.33. The molecule has 4 nitrogen and oxygen atoms in total. The van der Waals surface area contributed by atoms with E-state index in [9.17, 15) is 15.0 Å². The van der Waals surface area contributed by atoms with Crippen LogP contribution >= 0.6 is 0 Å². The molecule has 1 heterocycles. The molecular formula is C17H22O4. The average Bonchev–Trinajstić information content (AvgIpc) is 2.95. The van der Waals surface area contributed by atoms with Crippen molar-refractivity contribution in [3.8, 4) is 0 Å². The Morgan fingerprint density at radius 2 is 2.10 bits per heavy atom. The molecule has 2 N–H and O–H groups in total. The van der Waals surface area contributed by atoms with Crippen molar-refractivity contribution in [2.75, 3.05) is 0 Å². The van der Waals surface area contributed by atoms with E-state index in [2.05, 4.69) is 6.92 Å². The Kier molecular flexibility index (Phi) is 4.37. The number of ether oxygens (including phenoxy) is 1. The molecule has 21 heavy (non-hydrogen) atoms. The quantitative estimate of drug-likeness (QED) is 0.736. The number of carbonyl (C=O) groups excluding carboxylic acids is 1. The van der Waals surface area contributed by atoms with Crippen LogP contribution in [0.3, 0.4) is 0 Å². The van der Waals surface area contributed by atoms with E-state index in [1.807, 2.05) is 13.8 Å². The van der Waals surface area contributed by atoms with Crippen molar-refractivity contribution < 1.29 is 19.7 Å². The lowest BCUT2D eigenvalue weighted by Crippen LogP contribution is -2.27. The minimum Gasteiger partial charge on any atom is -0.501 e. The largest absolute Gasteiger partial charge is 0.501 e. The molecule has 0 spiro atoms. The van der Waals surface area contributed by atoms with Crippen molar-refractivity contribution in [2.24, 2.45) is 5.41 Å². The Bertz CT molecular complexity index is 561. The predicted molar refractivity (Wildman–Crippen MR) is 80.4 cm³/mol. The molecule has 0 aromatic heterocycles. The van der Waals surface area contributed by atoms with Crippen LogP contribution in [0.25, 0.3) is 0 Å². The van der Waals surface area contributed by atoms with Gasteiger partial charge in [0.2, 0.25) is 5.76 Å². The summed E-state index contributed by atoms with van der Waals surface area (Å²) in [5.41, 5.74) is 0.883. The van der Waals surface area contributed by atoms with E-state index in [-0.39, 0.29) is 11.2 Å². The highest BCUT2D eigenvalue weighted by molar-refractivity contribution is 5.94. The molecule has 0 saturated heterocycles. The highest BCUT2D eigenvalue weighted by Crippen LogP contribution is 2.36. The van der Waals surface area contributed by atoms with Crippen molar-refractivity contribution in [2.45, 2.75) is 46.1 Å². The van der Waals surface area contributed by atoms with Gasteiger partial charge in [-0.05, 0) is 23.5 Å². The Labute approximate surface area is 125 Å². The summed E-state index contributed by atoms with van der Waals surface area (Å²) in [5.74, 6) is -0.717. The van der Waals surface area contributed by atoms with Gasteiger partial charge in [0.1, 0.15) is 5.76 Å². The molecule has 2 aliphatic rings. The fourth-order valence-electron chi connectivity index (χ4n) is 2.44. The zero-order valence-corrected chi connectivity index (χ0v) is 12.7. The van der Waals surface area contributed by atoms with E-state index < -0.39 is 12.1 Å². The van der Waals surface area contributed by atoms with Crippen LogP contribution in [-0.2, 0) is 9.53 Å². The number of hydrogen-bond donors (Lipinski definition) is 2. The van der Waals surface area contributed by atoms with Crippen LogP contribution in [0.2, 0.25) is 0 Å². The fourth-order valence-corrected chi connectivity index (χ4v) is 2.44. The first-order valence-electron chi connectivity index (χ1n) is 7.31. The molecule has 0 bridgehead atoms. The summed E-state index contributed by atoms with van der Waals surface area (Å²) < 4.78 is 4.90. The third kappa shape index (κ3) is 3.10. The number of rotatable bonds is 6.